The van der Waals surface area contributed by atoms with Gasteiger partial charge in [-0.25, -0.2) is 4.79 Å². The zero-order chi connectivity index (χ0) is 13.7. The predicted octanol–water partition coefficient (Wildman–Crippen LogP) is -0.188. The Morgan fingerprint density at radius 1 is 1.06 bits per heavy atom. The molecule has 1 saturated heterocycles. The minimum absolute atomic E-state index is 0.0166. The van der Waals surface area contributed by atoms with E-state index >= 15 is 0 Å². The Bertz CT molecular complexity index is 338. The van der Waals surface area contributed by atoms with Gasteiger partial charge in [0.1, 0.15) is 6.10 Å². The zero-order valence-electron chi connectivity index (χ0n) is 10.5. The van der Waals surface area contributed by atoms with Gasteiger partial charge < -0.3 is 18.9 Å². The van der Waals surface area contributed by atoms with Crippen molar-refractivity contribution in [3.05, 3.63) is 0 Å². The van der Waals surface area contributed by atoms with Gasteiger partial charge in [-0.2, -0.15) is 0 Å². The van der Waals surface area contributed by atoms with Gasteiger partial charge in [0.2, 0.25) is 0 Å². The van der Waals surface area contributed by atoms with Gasteiger partial charge in [0, 0.05) is 20.3 Å². The largest absolute Gasteiger partial charge is 0.467 e. The average molecular weight is 260 g/mol. The van der Waals surface area contributed by atoms with Gasteiger partial charge in [-0.15, -0.1) is 0 Å². The summed E-state index contributed by atoms with van der Waals surface area (Å²) in [5.41, 5.74) is 0. The Morgan fingerprint density at radius 3 is 2.11 bits per heavy atom. The van der Waals surface area contributed by atoms with E-state index in [9.17, 15) is 14.4 Å². The van der Waals surface area contributed by atoms with Crippen molar-refractivity contribution in [2.75, 3.05) is 13.7 Å². The summed E-state index contributed by atoms with van der Waals surface area (Å²) < 4.78 is 19.8. The van der Waals surface area contributed by atoms with Crippen molar-refractivity contribution in [3.8, 4) is 0 Å². The first-order valence-corrected chi connectivity index (χ1v) is 5.48. The van der Waals surface area contributed by atoms with Crippen LogP contribution >= 0.6 is 0 Å². The van der Waals surface area contributed by atoms with Crippen LogP contribution in [-0.4, -0.2) is 49.9 Å². The number of methoxy groups -OCH3 is 1. The molecule has 1 heterocycles. The summed E-state index contributed by atoms with van der Waals surface area (Å²) in [5.74, 6) is -1.56. The Kier molecular flexibility index (Phi) is 5.08. The van der Waals surface area contributed by atoms with Crippen LogP contribution in [0.5, 0.6) is 0 Å². The van der Waals surface area contributed by atoms with Crippen LogP contribution in [0.4, 0.5) is 0 Å². The molecule has 0 aromatic rings. The third kappa shape index (κ3) is 3.99. The molecule has 0 saturated carbocycles. The lowest BCUT2D eigenvalue weighted by Crippen LogP contribution is -2.48. The van der Waals surface area contributed by atoms with Crippen molar-refractivity contribution in [3.63, 3.8) is 0 Å². The molecule has 0 N–H and O–H groups in total. The van der Waals surface area contributed by atoms with Crippen LogP contribution in [0.1, 0.15) is 20.3 Å². The Morgan fingerprint density at radius 2 is 1.61 bits per heavy atom. The number of ether oxygens (including phenoxy) is 4. The van der Waals surface area contributed by atoms with Crippen molar-refractivity contribution >= 4 is 17.9 Å². The third-order valence-electron chi connectivity index (χ3n) is 2.42. The van der Waals surface area contributed by atoms with E-state index < -0.39 is 36.2 Å². The molecule has 0 bridgehead atoms. The molecular weight excluding hydrogens is 244 g/mol. The maximum atomic E-state index is 11.3. The number of rotatable bonds is 3. The molecule has 0 aromatic heterocycles. The summed E-state index contributed by atoms with van der Waals surface area (Å²) in [6, 6.07) is 0. The molecule has 0 aliphatic carbocycles. The fourth-order valence-corrected chi connectivity index (χ4v) is 1.71. The summed E-state index contributed by atoms with van der Waals surface area (Å²) in [5, 5.41) is 0. The lowest BCUT2D eigenvalue weighted by atomic mass is 10.0. The number of carbonyl (C=O) groups excluding carboxylic acids is 3. The van der Waals surface area contributed by atoms with Crippen LogP contribution in [-0.2, 0) is 33.3 Å². The highest BCUT2D eigenvalue weighted by atomic mass is 16.6. The van der Waals surface area contributed by atoms with Crippen molar-refractivity contribution in [1.29, 1.82) is 0 Å². The normalized spacial score (nSPS) is 27.2. The fourth-order valence-electron chi connectivity index (χ4n) is 1.71. The quantitative estimate of drug-likeness (QED) is 0.513. The number of hydrogen-bond acceptors (Lipinski definition) is 7. The van der Waals surface area contributed by atoms with Crippen LogP contribution in [0.15, 0.2) is 0 Å². The van der Waals surface area contributed by atoms with E-state index in [1.807, 2.05) is 0 Å². The average Bonchev–Trinajstić information content (AvgIpc) is 2.29. The second-order valence-corrected chi connectivity index (χ2v) is 3.88. The lowest BCUT2D eigenvalue weighted by molar-refractivity contribution is -0.194. The lowest BCUT2D eigenvalue weighted by Gasteiger charge is -2.33. The first-order chi connectivity index (χ1) is 8.43. The summed E-state index contributed by atoms with van der Waals surface area (Å²) in [6.07, 6.45) is -2.12. The van der Waals surface area contributed by atoms with Crippen LogP contribution in [0.2, 0.25) is 0 Å². The highest BCUT2D eigenvalue weighted by Gasteiger charge is 2.39. The van der Waals surface area contributed by atoms with E-state index in [0.29, 0.717) is 0 Å². The number of carbonyl (C=O) groups is 3. The highest BCUT2D eigenvalue weighted by Crippen LogP contribution is 2.21. The van der Waals surface area contributed by atoms with Gasteiger partial charge in [0.05, 0.1) is 13.7 Å². The topological polar surface area (TPSA) is 88.1 Å². The summed E-state index contributed by atoms with van der Waals surface area (Å²) in [4.78, 5) is 33.2. The molecule has 1 aliphatic heterocycles. The van der Waals surface area contributed by atoms with E-state index in [1.165, 1.54) is 21.0 Å². The van der Waals surface area contributed by atoms with Crippen LogP contribution < -0.4 is 0 Å². The van der Waals surface area contributed by atoms with Crippen molar-refractivity contribution in [2.24, 2.45) is 0 Å². The van der Waals surface area contributed by atoms with Gasteiger partial charge in [-0.3, -0.25) is 9.59 Å². The standard InChI is InChI=1S/C11H16O7/c1-6(12)17-8-4-9(11(14)15-3)16-5-10(8)18-7(2)13/h8-10H,4-5H2,1-3H3/t8-,9-,10-/m0/s1. The second kappa shape index (κ2) is 6.34. The summed E-state index contributed by atoms with van der Waals surface area (Å²) in [7, 11) is 1.24. The molecule has 0 amide bonds. The van der Waals surface area contributed by atoms with Crippen LogP contribution in [0, 0.1) is 0 Å². The van der Waals surface area contributed by atoms with Gasteiger partial charge >= 0.3 is 17.9 Å². The molecule has 0 aromatic carbocycles. The van der Waals surface area contributed by atoms with E-state index in [-0.39, 0.29) is 13.0 Å². The molecule has 3 atom stereocenters. The maximum Gasteiger partial charge on any atom is 0.335 e. The van der Waals surface area contributed by atoms with Gasteiger partial charge in [-0.1, -0.05) is 0 Å². The minimum atomic E-state index is -0.814. The predicted molar refractivity (Wildman–Crippen MR) is 57.5 cm³/mol. The molecule has 0 spiro atoms. The smallest absolute Gasteiger partial charge is 0.335 e. The van der Waals surface area contributed by atoms with Crippen molar-refractivity contribution in [1.82, 2.24) is 0 Å². The molecular formula is C11H16O7. The molecule has 1 rings (SSSR count). The minimum Gasteiger partial charge on any atom is -0.467 e. The van der Waals surface area contributed by atoms with Crippen LogP contribution in [0.25, 0.3) is 0 Å². The van der Waals surface area contributed by atoms with Crippen molar-refractivity contribution < 1.29 is 33.3 Å². The van der Waals surface area contributed by atoms with E-state index in [4.69, 9.17) is 14.2 Å². The zero-order valence-corrected chi connectivity index (χ0v) is 10.5. The van der Waals surface area contributed by atoms with E-state index in [2.05, 4.69) is 4.74 Å². The first kappa shape index (κ1) is 14.4. The molecule has 7 heteroatoms. The monoisotopic (exact) mass is 260 g/mol. The number of hydrogen-bond donors (Lipinski definition) is 0. The highest BCUT2D eigenvalue weighted by molar-refractivity contribution is 5.75. The molecule has 102 valence electrons. The fraction of sp³-hybridized carbons (Fsp3) is 0.727. The van der Waals surface area contributed by atoms with Gasteiger partial charge in [0.15, 0.2) is 12.2 Å². The number of esters is 3. The van der Waals surface area contributed by atoms with Crippen molar-refractivity contribution in [2.45, 2.75) is 38.6 Å². The summed E-state index contributed by atoms with van der Waals surface area (Å²) in [6.45, 7) is 2.47. The second-order valence-electron chi connectivity index (χ2n) is 3.88. The molecule has 1 aliphatic rings. The van der Waals surface area contributed by atoms with E-state index in [1.54, 1.807) is 0 Å². The van der Waals surface area contributed by atoms with E-state index in [0.717, 1.165) is 0 Å². The molecule has 0 unspecified atom stereocenters. The SMILES string of the molecule is COC(=O)[C@@H]1C[C@H](OC(C)=O)[C@@H](OC(C)=O)CO1. The third-order valence-corrected chi connectivity index (χ3v) is 2.42. The summed E-state index contributed by atoms with van der Waals surface area (Å²) >= 11 is 0. The molecule has 0 radical (unpaired) electrons. The Labute approximate surface area is 104 Å². The maximum absolute atomic E-state index is 11.3. The Balaban J connectivity index is 2.68. The van der Waals surface area contributed by atoms with Gasteiger partial charge in [0.25, 0.3) is 0 Å². The van der Waals surface area contributed by atoms with Gasteiger partial charge in [-0.05, 0) is 0 Å². The Hall–Kier alpha value is -1.63. The first-order valence-electron chi connectivity index (χ1n) is 5.48. The molecule has 7 nitrogen and oxygen atoms in total. The molecule has 18 heavy (non-hydrogen) atoms. The van der Waals surface area contributed by atoms with Crippen LogP contribution in [0.3, 0.4) is 0 Å². The molecule has 1 fully saturated rings.